The van der Waals surface area contributed by atoms with Crippen LogP contribution in [0, 0.1) is 0 Å². The van der Waals surface area contributed by atoms with Gasteiger partial charge in [-0.2, -0.15) is 22.6 Å². The predicted octanol–water partition coefficient (Wildman–Crippen LogP) is 3.46. The van der Waals surface area contributed by atoms with Gasteiger partial charge in [0.25, 0.3) is 0 Å². The van der Waals surface area contributed by atoms with Crippen molar-refractivity contribution in [3.05, 3.63) is 77.0 Å². The third-order valence-electron chi connectivity index (χ3n) is 6.95. The molecule has 0 unspecified atom stereocenters. The van der Waals surface area contributed by atoms with Crippen LogP contribution in [0.5, 0.6) is 0 Å². The number of nitrogens with one attached hydrogen (secondary N) is 1. The standard InChI is InChI=1S/C27H30F3N5O5S/c1-17(2)19-6-4-18(5-7-19)15-31-25(36)23-16-34(24-14-22(26(37)38)33(3)32-24)12-13-35(23)41(39,40)21-10-8-20(9-11-21)27(28,29)30/h4-11,14,17,23H,12-13,15-16H2,1-3H3,(H,31,36)(H,37,38)/t23-/m1/s1. The summed E-state index contributed by atoms with van der Waals surface area (Å²) < 4.78 is 68.4. The van der Waals surface area contributed by atoms with Crippen molar-refractivity contribution in [3.8, 4) is 0 Å². The normalized spacial score (nSPS) is 16.7. The molecule has 2 N–H and O–H groups in total. The van der Waals surface area contributed by atoms with Gasteiger partial charge in [0.1, 0.15) is 11.7 Å². The molecule has 2 heterocycles. The molecule has 1 saturated heterocycles. The first-order chi connectivity index (χ1) is 19.2. The van der Waals surface area contributed by atoms with Crippen LogP contribution in [0.2, 0.25) is 0 Å². The summed E-state index contributed by atoms with van der Waals surface area (Å²) in [6, 6.07) is 10.8. The number of carbonyl (C=O) groups is 2. The highest BCUT2D eigenvalue weighted by atomic mass is 32.2. The Labute approximate surface area is 235 Å². The van der Waals surface area contributed by atoms with Gasteiger partial charge >= 0.3 is 12.1 Å². The van der Waals surface area contributed by atoms with E-state index in [0.717, 1.165) is 27.6 Å². The second-order valence-corrected chi connectivity index (χ2v) is 11.9. The quantitative estimate of drug-likeness (QED) is 0.410. The van der Waals surface area contributed by atoms with Gasteiger partial charge in [-0.05, 0) is 41.3 Å². The summed E-state index contributed by atoms with van der Waals surface area (Å²) in [6.07, 6.45) is -4.64. The van der Waals surface area contributed by atoms with Crippen molar-refractivity contribution in [1.29, 1.82) is 0 Å². The van der Waals surface area contributed by atoms with E-state index in [1.165, 1.54) is 17.8 Å². The minimum atomic E-state index is -4.64. The van der Waals surface area contributed by atoms with Crippen molar-refractivity contribution in [1.82, 2.24) is 19.4 Å². The Balaban J connectivity index is 1.61. The van der Waals surface area contributed by atoms with Gasteiger partial charge in [-0.1, -0.05) is 38.1 Å². The fourth-order valence-corrected chi connectivity index (χ4v) is 6.13. The average Bonchev–Trinajstić information content (AvgIpc) is 3.33. The van der Waals surface area contributed by atoms with Crippen molar-refractivity contribution < 1.29 is 36.3 Å². The molecule has 0 bridgehead atoms. The lowest BCUT2D eigenvalue weighted by molar-refractivity contribution is -0.137. The summed E-state index contributed by atoms with van der Waals surface area (Å²) in [4.78, 5) is 26.2. The Hall–Kier alpha value is -3.91. The Morgan fingerprint density at radius 3 is 2.24 bits per heavy atom. The van der Waals surface area contributed by atoms with Crippen molar-refractivity contribution >= 4 is 27.7 Å². The van der Waals surface area contributed by atoms with Crippen LogP contribution in [0.1, 0.15) is 46.9 Å². The monoisotopic (exact) mass is 593 g/mol. The Morgan fingerprint density at radius 2 is 1.71 bits per heavy atom. The van der Waals surface area contributed by atoms with Crippen molar-refractivity contribution in [2.45, 2.75) is 43.4 Å². The summed E-state index contributed by atoms with van der Waals surface area (Å²) in [5.74, 6) is -1.25. The van der Waals surface area contributed by atoms with E-state index in [-0.39, 0.29) is 42.6 Å². The van der Waals surface area contributed by atoms with E-state index in [0.29, 0.717) is 18.1 Å². The number of rotatable bonds is 8. The largest absolute Gasteiger partial charge is 0.477 e. The molecule has 0 radical (unpaired) electrons. The number of sulfonamides is 1. The van der Waals surface area contributed by atoms with E-state index in [9.17, 15) is 36.3 Å². The van der Waals surface area contributed by atoms with Crippen molar-refractivity contribution in [2.24, 2.45) is 7.05 Å². The first kappa shape index (κ1) is 30.1. The predicted molar refractivity (Wildman–Crippen MR) is 144 cm³/mol. The average molecular weight is 594 g/mol. The van der Waals surface area contributed by atoms with E-state index in [1.807, 2.05) is 24.3 Å². The molecule has 41 heavy (non-hydrogen) atoms. The fourth-order valence-electron chi connectivity index (χ4n) is 4.56. The number of hydrogen-bond donors (Lipinski definition) is 2. The minimum absolute atomic E-state index is 0.0659. The molecule has 14 heteroatoms. The number of anilines is 1. The minimum Gasteiger partial charge on any atom is -0.477 e. The van der Waals surface area contributed by atoms with Crippen LogP contribution in [-0.4, -0.2) is 65.2 Å². The Kier molecular flexibility index (Phi) is 8.45. The molecule has 1 amide bonds. The fraction of sp³-hybridized carbons (Fsp3) is 0.370. The maximum atomic E-state index is 13.6. The molecule has 220 valence electrons. The van der Waals surface area contributed by atoms with Gasteiger partial charge in [-0.15, -0.1) is 0 Å². The van der Waals surface area contributed by atoms with Gasteiger partial charge in [0.15, 0.2) is 5.82 Å². The summed E-state index contributed by atoms with van der Waals surface area (Å²) in [7, 11) is -2.93. The van der Waals surface area contributed by atoms with Crippen LogP contribution < -0.4 is 10.2 Å². The second kappa shape index (κ2) is 11.5. The van der Waals surface area contributed by atoms with E-state index < -0.39 is 39.7 Å². The molecule has 1 atom stereocenters. The number of aromatic carboxylic acids is 1. The van der Waals surface area contributed by atoms with Crippen molar-refractivity contribution in [3.63, 3.8) is 0 Å². The molecule has 3 aromatic rings. The number of alkyl halides is 3. The maximum absolute atomic E-state index is 13.6. The second-order valence-electron chi connectivity index (χ2n) is 10.0. The number of benzene rings is 2. The molecule has 2 aromatic carbocycles. The topological polar surface area (TPSA) is 125 Å². The molecular weight excluding hydrogens is 563 g/mol. The lowest BCUT2D eigenvalue weighted by atomic mass is 10.0. The van der Waals surface area contributed by atoms with E-state index in [1.54, 1.807) is 4.90 Å². The molecular formula is C27H30F3N5O5S. The number of halogens is 3. The van der Waals surface area contributed by atoms with E-state index in [4.69, 9.17) is 0 Å². The molecule has 10 nitrogen and oxygen atoms in total. The number of carboxylic acid groups (broad SMARTS) is 1. The molecule has 0 saturated carbocycles. The first-order valence-electron chi connectivity index (χ1n) is 12.8. The smallest absolute Gasteiger partial charge is 0.416 e. The number of aromatic nitrogens is 2. The summed E-state index contributed by atoms with van der Waals surface area (Å²) in [5, 5.41) is 16.4. The number of nitrogens with zero attached hydrogens (tertiary/aromatic N) is 4. The third-order valence-corrected chi connectivity index (χ3v) is 8.87. The van der Waals surface area contributed by atoms with Gasteiger partial charge in [0, 0.05) is 39.3 Å². The molecule has 4 rings (SSSR count). The van der Waals surface area contributed by atoms with Gasteiger partial charge in [-0.3, -0.25) is 9.48 Å². The Bertz CT molecular complexity index is 1520. The van der Waals surface area contributed by atoms with Crippen molar-refractivity contribution in [2.75, 3.05) is 24.5 Å². The molecule has 1 fully saturated rings. The highest BCUT2D eigenvalue weighted by molar-refractivity contribution is 7.89. The maximum Gasteiger partial charge on any atom is 0.416 e. The van der Waals surface area contributed by atoms with E-state index >= 15 is 0 Å². The number of carbonyl (C=O) groups excluding carboxylic acids is 1. The SMILES string of the molecule is CC(C)c1ccc(CNC(=O)[C@H]2CN(c3cc(C(=O)O)n(C)n3)CCN2S(=O)(=O)c2ccc(C(F)(F)F)cc2)cc1. The molecule has 0 aliphatic carbocycles. The van der Waals surface area contributed by atoms with Crippen LogP contribution in [0.4, 0.5) is 19.0 Å². The number of hydrogen-bond acceptors (Lipinski definition) is 6. The van der Waals surface area contributed by atoms with Crippen LogP contribution >= 0.6 is 0 Å². The first-order valence-corrected chi connectivity index (χ1v) is 14.2. The molecule has 1 aliphatic rings. The zero-order chi connectivity index (χ0) is 30.1. The lowest BCUT2D eigenvalue weighted by Gasteiger charge is -2.39. The van der Waals surface area contributed by atoms with E-state index in [2.05, 4.69) is 24.3 Å². The van der Waals surface area contributed by atoms with Gasteiger partial charge in [0.2, 0.25) is 15.9 Å². The third kappa shape index (κ3) is 6.54. The molecule has 1 aromatic heterocycles. The molecule has 1 aliphatic heterocycles. The van der Waals surface area contributed by atoms with Crippen LogP contribution in [0.3, 0.4) is 0 Å². The summed E-state index contributed by atoms with van der Waals surface area (Å²) in [5.41, 5.74) is 0.824. The highest BCUT2D eigenvalue weighted by Gasteiger charge is 2.41. The van der Waals surface area contributed by atoms with Crippen LogP contribution in [0.15, 0.2) is 59.5 Å². The van der Waals surface area contributed by atoms with Gasteiger partial charge in [0.05, 0.1) is 10.5 Å². The molecule has 0 spiro atoms. The lowest BCUT2D eigenvalue weighted by Crippen LogP contribution is -2.60. The van der Waals surface area contributed by atoms with Gasteiger partial charge in [-0.25, -0.2) is 13.2 Å². The number of piperazine rings is 1. The number of amides is 1. The zero-order valence-electron chi connectivity index (χ0n) is 22.6. The summed E-state index contributed by atoms with van der Waals surface area (Å²) >= 11 is 0. The summed E-state index contributed by atoms with van der Waals surface area (Å²) in [6.45, 7) is 3.94. The van der Waals surface area contributed by atoms with Gasteiger partial charge < -0.3 is 15.3 Å². The number of carboxylic acids is 1. The van der Waals surface area contributed by atoms with Crippen LogP contribution in [0.25, 0.3) is 0 Å². The highest BCUT2D eigenvalue weighted by Crippen LogP contribution is 2.31. The zero-order valence-corrected chi connectivity index (χ0v) is 23.4. The van der Waals surface area contributed by atoms with Crippen LogP contribution in [-0.2, 0) is 34.6 Å². The Morgan fingerprint density at radius 1 is 1.07 bits per heavy atom. The number of aryl methyl sites for hydroxylation is 1.